The van der Waals surface area contributed by atoms with E-state index in [1.807, 2.05) is 0 Å². The Morgan fingerprint density at radius 3 is 2.50 bits per heavy atom. The van der Waals surface area contributed by atoms with Crippen molar-refractivity contribution < 1.29 is 14.3 Å². The van der Waals surface area contributed by atoms with E-state index in [0.717, 1.165) is 44.9 Å². The highest BCUT2D eigenvalue weighted by Crippen LogP contribution is 2.32. The molecule has 2 aliphatic carbocycles. The monoisotopic (exact) mass is 227 g/mol. The van der Waals surface area contributed by atoms with Gasteiger partial charge in [0.1, 0.15) is 11.6 Å². The van der Waals surface area contributed by atoms with Crippen LogP contribution in [0.25, 0.3) is 0 Å². The maximum atomic E-state index is 11.8. The molecular formula is C12H21NO3. The van der Waals surface area contributed by atoms with Crippen LogP contribution in [0.5, 0.6) is 0 Å². The Labute approximate surface area is 96.5 Å². The molecule has 4 nitrogen and oxygen atoms in total. The smallest absolute Gasteiger partial charge is 0.326 e. The molecule has 2 aliphatic rings. The maximum Gasteiger partial charge on any atom is 0.326 e. The predicted octanol–water partition coefficient (Wildman–Crippen LogP) is 1.37. The lowest BCUT2D eigenvalue weighted by Crippen LogP contribution is -2.55. The number of methoxy groups -OCH3 is 1. The van der Waals surface area contributed by atoms with Crippen LogP contribution in [0, 0.1) is 0 Å². The zero-order valence-electron chi connectivity index (χ0n) is 9.91. The van der Waals surface area contributed by atoms with E-state index in [0.29, 0.717) is 0 Å². The van der Waals surface area contributed by atoms with Gasteiger partial charge in [0.2, 0.25) is 0 Å². The largest absolute Gasteiger partial charge is 0.461 e. The van der Waals surface area contributed by atoms with Crippen molar-refractivity contribution >= 4 is 5.97 Å². The third-order valence-corrected chi connectivity index (χ3v) is 3.84. The van der Waals surface area contributed by atoms with Crippen molar-refractivity contribution in [1.82, 2.24) is 0 Å². The molecule has 0 aliphatic heterocycles. The Morgan fingerprint density at radius 1 is 1.25 bits per heavy atom. The van der Waals surface area contributed by atoms with Crippen LogP contribution >= 0.6 is 0 Å². The van der Waals surface area contributed by atoms with Crippen LogP contribution in [0.4, 0.5) is 0 Å². The molecule has 2 fully saturated rings. The summed E-state index contributed by atoms with van der Waals surface area (Å²) in [6.07, 6.45) is 6.72. The first-order chi connectivity index (χ1) is 7.64. The van der Waals surface area contributed by atoms with E-state index in [1.54, 1.807) is 7.11 Å². The number of ether oxygens (including phenoxy) is 2. The third kappa shape index (κ3) is 2.38. The maximum absolute atomic E-state index is 11.8. The second kappa shape index (κ2) is 4.72. The van der Waals surface area contributed by atoms with Crippen molar-refractivity contribution in [3.63, 3.8) is 0 Å². The molecular weight excluding hydrogens is 206 g/mol. The summed E-state index contributed by atoms with van der Waals surface area (Å²) in [6, 6.07) is 0. The number of hydrogen-bond donors (Lipinski definition) is 1. The quantitative estimate of drug-likeness (QED) is 0.740. The predicted molar refractivity (Wildman–Crippen MR) is 59.9 cm³/mol. The van der Waals surface area contributed by atoms with Crippen LogP contribution in [0.2, 0.25) is 0 Å². The minimum absolute atomic E-state index is 0.00669. The highest BCUT2D eigenvalue weighted by atomic mass is 16.5. The van der Waals surface area contributed by atoms with Crippen LogP contribution in [-0.4, -0.2) is 30.8 Å². The fraction of sp³-hybridized carbons (Fsp3) is 0.917. The van der Waals surface area contributed by atoms with Crippen LogP contribution < -0.4 is 5.73 Å². The minimum atomic E-state index is -0.681. The molecule has 0 bridgehead atoms. The molecule has 0 spiro atoms. The number of carbonyl (C=O) groups excluding carboxylic acids is 1. The van der Waals surface area contributed by atoms with Gasteiger partial charge in [0.05, 0.1) is 6.10 Å². The van der Waals surface area contributed by atoms with Gasteiger partial charge in [-0.3, -0.25) is 4.79 Å². The molecule has 16 heavy (non-hydrogen) atoms. The number of carbonyl (C=O) groups is 1. The van der Waals surface area contributed by atoms with E-state index in [9.17, 15) is 4.79 Å². The molecule has 0 aromatic carbocycles. The molecule has 2 N–H and O–H groups in total. The van der Waals surface area contributed by atoms with Crippen molar-refractivity contribution in [2.45, 2.75) is 62.7 Å². The van der Waals surface area contributed by atoms with E-state index in [-0.39, 0.29) is 18.2 Å². The number of rotatable bonds is 3. The summed E-state index contributed by atoms with van der Waals surface area (Å²) in [7, 11) is 1.71. The molecule has 0 aromatic rings. The van der Waals surface area contributed by atoms with E-state index in [1.165, 1.54) is 0 Å². The number of hydrogen-bond acceptors (Lipinski definition) is 4. The van der Waals surface area contributed by atoms with Gasteiger partial charge in [-0.05, 0) is 38.5 Å². The van der Waals surface area contributed by atoms with Gasteiger partial charge in [-0.25, -0.2) is 0 Å². The van der Waals surface area contributed by atoms with Gasteiger partial charge in [-0.2, -0.15) is 0 Å². The standard InChI is InChI=1S/C12H21NO3/c1-15-9-4-2-5-10(8-9)16-11(14)12(13)6-3-7-12/h9-10H,2-8,13H2,1H3. The lowest BCUT2D eigenvalue weighted by atomic mass is 9.78. The van der Waals surface area contributed by atoms with Crippen molar-refractivity contribution in [2.24, 2.45) is 5.73 Å². The zero-order valence-corrected chi connectivity index (χ0v) is 9.91. The summed E-state index contributed by atoms with van der Waals surface area (Å²) in [5, 5.41) is 0. The average molecular weight is 227 g/mol. The second-order valence-electron chi connectivity index (χ2n) is 5.06. The van der Waals surface area contributed by atoms with Gasteiger partial charge in [-0.15, -0.1) is 0 Å². The van der Waals surface area contributed by atoms with Crippen LogP contribution in [0.15, 0.2) is 0 Å². The van der Waals surface area contributed by atoms with Crippen LogP contribution in [-0.2, 0) is 14.3 Å². The Bertz CT molecular complexity index is 263. The Morgan fingerprint density at radius 2 is 1.94 bits per heavy atom. The summed E-state index contributed by atoms with van der Waals surface area (Å²) in [4.78, 5) is 11.8. The number of esters is 1. The van der Waals surface area contributed by atoms with E-state index in [2.05, 4.69) is 0 Å². The molecule has 0 saturated heterocycles. The summed E-state index contributed by atoms with van der Waals surface area (Å²) < 4.78 is 10.8. The molecule has 0 amide bonds. The van der Waals surface area contributed by atoms with E-state index in [4.69, 9.17) is 15.2 Å². The van der Waals surface area contributed by atoms with E-state index >= 15 is 0 Å². The molecule has 92 valence electrons. The fourth-order valence-corrected chi connectivity index (χ4v) is 2.45. The zero-order chi connectivity index (χ0) is 11.6. The van der Waals surface area contributed by atoms with Crippen molar-refractivity contribution in [2.75, 3.05) is 7.11 Å². The molecule has 0 heterocycles. The first-order valence-electron chi connectivity index (χ1n) is 6.17. The molecule has 4 heteroatoms. The lowest BCUT2D eigenvalue weighted by molar-refractivity contribution is -0.162. The summed E-state index contributed by atoms with van der Waals surface area (Å²) in [5.74, 6) is -0.208. The molecule has 2 unspecified atom stereocenters. The highest BCUT2D eigenvalue weighted by Gasteiger charge is 2.43. The summed E-state index contributed by atoms with van der Waals surface area (Å²) >= 11 is 0. The Balaban J connectivity index is 1.82. The van der Waals surface area contributed by atoms with Gasteiger partial charge in [0, 0.05) is 13.5 Å². The Kier molecular flexibility index (Phi) is 3.50. The average Bonchev–Trinajstić information content (AvgIpc) is 2.26. The van der Waals surface area contributed by atoms with Gasteiger partial charge in [0.25, 0.3) is 0 Å². The van der Waals surface area contributed by atoms with Gasteiger partial charge >= 0.3 is 5.97 Å². The lowest BCUT2D eigenvalue weighted by Gasteiger charge is -2.37. The fourth-order valence-electron chi connectivity index (χ4n) is 2.45. The van der Waals surface area contributed by atoms with Gasteiger partial charge < -0.3 is 15.2 Å². The van der Waals surface area contributed by atoms with Crippen LogP contribution in [0.1, 0.15) is 44.9 Å². The van der Waals surface area contributed by atoms with Crippen LogP contribution in [0.3, 0.4) is 0 Å². The topological polar surface area (TPSA) is 61.5 Å². The number of nitrogens with two attached hydrogens (primary N) is 1. The second-order valence-corrected chi connectivity index (χ2v) is 5.06. The minimum Gasteiger partial charge on any atom is -0.461 e. The SMILES string of the molecule is COC1CCCC(OC(=O)C2(N)CCC2)C1. The summed E-state index contributed by atoms with van der Waals surface area (Å²) in [5.41, 5.74) is 5.24. The van der Waals surface area contributed by atoms with Crippen molar-refractivity contribution in [3.05, 3.63) is 0 Å². The first kappa shape index (κ1) is 11.9. The van der Waals surface area contributed by atoms with Gasteiger partial charge in [0.15, 0.2) is 0 Å². The Hall–Kier alpha value is -0.610. The third-order valence-electron chi connectivity index (χ3n) is 3.84. The normalized spacial score (nSPS) is 32.9. The molecule has 0 aromatic heterocycles. The van der Waals surface area contributed by atoms with Crippen molar-refractivity contribution in [3.8, 4) is 0 Å². The van der Waals surface area contributed by atoms with Crippen molar-refractivity contribution in [1.29, 1.82) is 0 Å². The first-order valence-corrected chi connectivity index (χ1v) is 6.17. The molecule has 0 radical (unpaired) electrons. The highest BCUT2D eigenvalue weighted by molar-refractivity contribution is 5.81. The molecule has 2 atom stereocenters. The molecule has 2 saturated carbocycles. The molecule has 2 rings (SSSR count). The summed E-state index contributed by atoms with van der Waals surface area (Å²) in [6.45, 7) is 0. The van der Waals surface area contributed by atoms with Gasteiger partial charge in [-0.1, -0.05) is 0 Å². The van der Waals surface area contributed by atoms with E-state index < -0.39 is 5.54 Å².